The third kappa shape index (κ3) is 4.58. The zero-order valence-electron chi connectivity index (χ0n) is 8.46. The second-order valence-corrected chi connectivity index (χ2v) is 7.98. The Morgan fingerprint density at radius 2 is 1.83 bits per heavy atom. The molecule has 0 N–H and O–H groups in total. The van der Waals surface area contributed by atoms with Crippen LogP contribution in [0.5, 0.6) is 5.75 Å². The predicted octanol–water partition coefficient (Wildman–Crippen LogP) is 4.84. The summed E-state index contributed by atoms with van der Waals surface area (Å²) in [4.78, 5) is -0.0470. The standard InChI is InChI=1S/C9H5Br2Cl3O3S/c10-7-1-6(18(14,15)16)2-8(11)9(7)17-4-5(13)3-12/h1-3H,4H2/b5-3+. The molecule has 0 aliphatic carbocycles. The van der Waals surface area contributed by atoms with Crippen LogP contribution in [0, 0.1) is 0 Å². The molecule has 0 saturated heterocycles. The van der Waals surface area contributed by atoms with Gasteiger partial charge in [-0.1, -0.05) is 23.2 Å². The van der Waals surface area contributed by atoms with Crippen molar-refractivity contribution >= 4 is 74.8 Å². The molecule has 1 aromatic rings. The molecule has 0 fully saturated rings. The van der Waals surface area contributed by atoms with Crippen molar-refractivity contribution in [3.8, 4) is 5.75 Å². The van der Waals surface area contributed by atoms with E-state index in [0.717, 1.165) is 0 Å². The van der Waals surface area contributed by atoms with Gasteiger partial charge in [-0.3, -0.25) is 0 Å². The molecule has 0 unspecified atom stereocenters. The second-order valence-electron chi connectivity index (χ2n) is 3.00. The lowest BCUT2D eigenvalue weighted by Crippen LogP contribution is -2.00. The molecule has 0 aromatic heterocycles. The van der Waals surface area contributed by atoms with Crippen LogP contribution in [-0.2, 0) is 9.05 Å². The summed E-state index contributed by atoms with van der Waals surface area (Å²) >= 11 is 17.4. The minimum Gasteiger partial charge on any atom is -0.486 e. The van der Waals surface area contributed by atoms with Crippen molar-refractivity contribution in [3.63, 3.8) is 0 Å². The molecule has 0 atom stereocenters. The zero-order chi connectivity index (χ0) is 13.9. The van der Waals surface area contributed by atoms with Gasteiger partial charge in [-0.2, -0.15) is 0 Å². The molecule has 0 saturated carbocycles. The molecule has 0 radical (unpaired) electrons. The predicted molar refractivity (Wildman–Crippen MR) is 80.2 cm³/mol. The van der Waals surface area contributed by atoms with Crippen molar-refractivity contribution in [1.29, 1.82) is 0 Å². The van der Waals surface area contributed by atoms with Gasteiger partial charge in [-0.15, -0.1) is 0 Å². The van der Waals surface area contributed by atoms with Gasteiger partial charge in [0.1, 0.15) is 12.4 Å². The molecule has 0 spiro atoms. The van der Waals surface area contributed by atoms with E-state index in [-0.39, 0.29) is 11.5 Å². The average molecular weight is 459 g/mol. The van der Waals surface area contributed by atoms with Crippen LogP contribution in [-0.4, -0.2) is 15.0 Å². The maximum atomic E-state index is 11.2. The molecule has 1 aromatic carbocycles. The average Bonchev–Trinajstić information content (AvgIpc) is 2.26. The molecule has 0 heterocycles. The lowest BCUT2D eigenvalue weighted by atomic mass is 10.3. The fraction of sp³-hybridized carbons (Fsp3) is 0.111. The van der Waals surface area contributed by atoms with Crippen molar-refractivity contribution < 1.29 is 13.2 Å². The lowest BCUT2D eigenvalue weighted by molar-refractivity contribution is 0.354. The summed E-state index contributed by atoms with van der Waals surface area (Å²) < 4.78 is 28.6. The first-order valence-corrected chi connectivity index (χ1v) is 8.98. The quantitative estimate of drug-likeness (QED) is 0.606. The van der Waals surface area contributed by atoms with E-state index in [1.807, 2.05) is 0 Å². The Labute approximate surface area is 136 Å². The summed E-state index contributed by atoms with van der Waals surface area (Å²) in [5, 5.41) is 0.310. The van der Waals surface area contributed by atoms with E-state index in [9.17, 15) is 8.42 Å². The Morgan fingerprint density at radius 3 is 2.22 bits per heavy atom. The fourth-order valence-corrected chi connectivity index (χ4v) is 3.61. The summed E-state index contributed by atoms with van der Waals surface area (Å²) in [6, 6.07) is 2.67. The van der Waals surface area contributed by atoms with Crippen LogP contribution in [0.2, 0.25) is 0 Å². The molecule has 18 heavy (non-hydrogen) atoms. The van der Waals surface area contributed by atoms with Gasteiger partial charge in [-0.05, 0) is 44.0 Å². The summed E-state index contributed by atoms with van der Waals surface area (Å²) in [6.45, 7) is 0.0647. The second kappa shape index (κ2) is 6.81. The van der Waals surface area contributed by atoms with Crippen molar-refractivity contribution in [2.45, 2.75) is 4.90 Å². The van der Waals surface area contributed by atoms with Gasteiger partial charge in [0, 0.05) is 16.2 Å². The summed E-state index contributed by atoms with van der Waals surface area (Å²) in [5.74, 6) is 0.399. The molecule has 9 heteroatoms. The van der Waals surface area contributed by atoms with E-state index in [1.54, 1.807) is 0 Å². The van der Waals surface area contributed by atoms with Crippen molar-refractivity contribution in [2.24, 2.45) is 0 Å². The fourth-order valence-electron chi connectivity index (χ4n) is 0.988. The highest BCUT2D eigenvalue weighted by atomic mass is 79.9. The number of benzene rings is 1. The third-order valence-electron chi connectivity index (χ3n) is 1.73. The monoisotopic (exact) mass is 456 g/mol. The van der Waals surface area contributed by atoms with Crippen LogP contribution in [0.15, 0.2) is 36.5 Å². The minimum atomic E-state index is -3.80. The van der Waals surface area contributed by atoms with Gasteiger partial charge in [-0.25, -0.2) is 8.42 Å². The highest BCUT2D eigenvalue weighted by Gasteiger charge is 2.16. The van der Waals surface area contributed by atoms with Crippen LogP contribution >= 0.6 is 65.7 Å². The smallest absolute Gasteiger partial charge is 0.261 e. The van der Waals surface area contributed by atoms with Crippen molar-refractivity contribution in [3.05, 3.63) is 31.6 Å². The molecule has 1 rings (SSSR count). The molecule has 100 valence electrons. The van der Waals surface area contributed by atoms with Crippen molar-refractivity contribution in [2.75, 3.05) is 6.61 Å². The van der Waals surface area contributed by atoms with Crippen LogP contribution in [0.25, 0.3) is 0 Å². The highest BCUT2D eigenvalue weighted by Crippen LogP contribution is 2.37. The van der Waals surface area contributed by atoms with Gasteiger partial charge in [0.05, 0.1) is 18.9 Å². The Morgan fingerprint density at radius 1 is 1.33 bits per heavy atom. The molecular formula is C9H5Br2Cl3O3S. The Kier molecular flexibility index (Phi) is 6.28. The molecule has 0 amide bonds. The normalized spacial score (nSPS) is 12.6. The van der Waals surface area contributed by atoms with Gasteiger partial charge in [0.15, 0.2) is 0 Å². The minimum absolute atomic E-state index is 0.0470. The molecular weight excluding hydrogens is 454 g/mol. The van der Waals surface area contributed by atoms with Crippen LogP contribution in [0.1, 0.15) is 0 Å². The molecule has 0 aliphatic rings. The van der Waals surface area contributed by atoms with Crippen LogP contribution in [0.4, 0.5) is 0 Å². The number of hydrogen-bond acceptors (Lipinski definition) is 3. The topological polar surface area (TPSA) is 43.4 Å². The largest absolute Gasteiger partial charge is 0.486 e. The molecule has 0 bridgehead atoms. The number of halogens is 5. The maximum absolute atomic E-state index is 11.2. The number of rotatable bonds is 4. The van der Waals surface area contributed by atoms with E-state index in [0.29, 0.717) is 19.7 Å². The van der Waals surface area contributed by atoms with E-state index < -0.39 is 9.05 Å². The first-order valence-electron chi connectivity index (χ1n) is 4.27. The number of hydrogen-bond donors (Lipinski definition) is 0. The van der Waals surface area contributed by atoms with Gasteiger partial charge < -0.3 is 4.74 Å². The highest BCUT2D eigenvalue weighted by molar-refractivity contribution is 9.11. The summed E-state index contributed by atoms with van der Waals surface area (Å²) in [5.41, 5.74) is 1.18. The van der Waals surface area contributed by atoms with E-state index >= 15 is 0 Å². The number of ether oxygens (including phenoxy) is 1. The summed E-state index contributed by atoms with van der Waals surface area (Å²) in [7, 11) is 1.44. The van der Waals surface area contributed by atoms with E-state index in [1.165, 1.54) is 17.7 Å². The molecule has 0 aliphatic heterocycles. The van der Waals surface area contributed by atoms with Gasteiger partial charge >= 0.3 is 0 Å². The van der Waals surface area contributed by atoms with Gasteiger partial charge in [0.25, 0.3) is 9.05 Å². The Balaban J connectivity index is 3.10. The first kappa shape index (κ1) is 16.6. The lowest BCUT2D eigenvalue weighted by Gasteiger charge is -2.10. The van der Waals surface area contributed by atoms with E-state index in [2.05, 4.69) is 31.9 Å². The van der Waals surface area contributed by atoms with Crippen LogP contribution in [0.3, 0.4) is 0 Å². The van der Waals surface area contributed by atoms with E-state index in [4.69, 9.17) is 38.6 Å². The first-order chi connectivity index (χ1) is 8.25. The Hall–Kier alpha value is 0.540. The Bertz CT molecular complexity index is 564. The van der Waals surface area contributed by atoms with Crippen molar-refractivity contribution in [1.82, 2.24) is 0 Å². The van der Waals surface area contributed by atoms with Crippen LogP contribution < -0.4 is 4.74 Å². The SMILES string of the molecule is O=S(=O)(Cl)c1cc(Br)c(OC/C(Cl)=C\Cl)c(Br)c1. The van der Waals surface area contributed by atoms with Gasteiger partial charge in [0.2, 0.25) is 0 Å². The third-order valence-corrected chi connectivity index (χ3v) is 4.83. The zero-order valence-corrected chi connectivity index (χ0v) is 14.7. The maximum Gasteiger partial charge on any atom is 0.261 e. The summed E-state index contributed by atoms with van der Waals surface area (Å²) in [6.07, 6.45) is 0. The molecule has 3 nitrogen and oxygen atoms in total.